The van der Waals surface area contributed by atoms with E-state index in [-0.39, 0.29) is 25.0 Å². The van der Waals surface area contributed by atoms with Crippen LogP contribution in [-0.2, 0) is 11.2 Å². The number of aldehydes is 1. The number of hydrogen-bond acceptors (Lipinski definition) is 6. The lowest BCUT2D eigenvalue weighted by atomic mass is 9.75. The Morgan fingerprint density at radius 3 is 2.46 bits per heavy atom. The fourth-order valence-corrected chi connectivity index (χ4v) is 2.71. The average Bonchev–Trinajstić information content (AvgIpc) is 2.71. The largest absolute Gasteiger partial charge is 0.497 e. The van der Waals surface area contributed by atoms with Crippen molar-refractivity contribution >= 4 is 25.1 Å². The van der Waals surface area contributed by atoms with E-state index in [2.05, 4.69) is 5.32 Å². The van der Waals surface area contributed by atoms with Gasteiger partial charge in [0, 0.05) is 24.0 Å². The number of ketones is 1. The Kier molecular flexibility index (Phi) is 7.92. The van der Waals surface area contributed by atoms with E-state index in [0.29, 0.717) is 28.7 Å². The molecule has 3 N–H and O–H groups in total. The molecule has 0 heterocycles. The first-order chi connectivity index (χ1) is 13.4. The normalized spacial score (nSPS) is 11.4. The zero-order valence-corrected chi connectivity index (χ0v) is 15.5. The molecule has 2 rings (SSSR count). The third kappa shape index (κ3) is 6.33. The lowest BCUT2D eigenvalue weighted by Gasteiger charge is -2.18. The molecule has 8 heteroatoms. The predicted octanol–water partition coefficient (Wildman–Crippen LogP) is 1.21. The van der Waals surface area contributed by atoms with Crippen LogP contribution in [0.1, 0.15) is 39.1 Å². The van der Waals surface area contributed by atoms with Crippen molar-refractivity contribution in [2.45, 2.75) is 25.2 Å². The summed E-state index contributed by atoms with van der Waals surface area (Å²) in [4.78, 5) is 35.2. The van der Waals surface area contributed by atoms with Crippen molar-refractivity contribution in [2.75, 3.05) is 7.11 Å². The van der Waals surface area contributed by atoms with Crippen molar-refractivity contribution in [3.63, 3.8) is 0 Å². The molecule has 0 aromatic heterocycles. The molecule has 0 bridgehead atoms. The van der Waals surface area contributed by atoms with Gasteiger partial charge < -0.3 is 20.1 Å². The SMILES string of the molecule is COc1ccc(C(=O)CCC(=O)NC(Cc2cccc(C=O)c2)B(O)O)cc1. The molecule has 1 unspecified atom stereocenters. The molecule has 146 valence electrons. The number of ether oxygens (including phenoxy) is 1. The van der Waals surface area contributed by atoms with Gasteiger partial charge in [-0.05, 0) is 42.3 Å². The molecule has 0 saturated carbocycles. The van der Waals surface area contributed by atoms with Crippen LogP contribution < -0.4 is 10.1 Å². The molecule has 7 nitrogen and oxygen atoms in total. The van der Waals surface area contributed by atoms with Gasteiger partial charge >= 0.3 is 7.12 Å². The second-order valence-electron chi connectivity index (χ2n) is 6.31. The second kappa shape index (κ2) is 10.4. The number of benzene rings is 2. The van der Waals surface area contributed by atoms with Crippen LogP contribution in [0.15, 0.2) is 48.5 Å². The third-order valence-corrected chi connectivity index (χ3v) is 4.24. The Hall–Kier alpha value is -2.97. The maximum Gasteiger partial charge on any atom is 0.475 e. The van der Waals surface area contributed by atoms with Gasteiger partial charge in [0.25, 0.3) is 0 Å². The summed E-state index contributed by atoms with van der Waals surface area (Å²) in [5.74, 6) is -0.984. The van der Waals surface area contributed by atoms with Crippen LogP contribution >= 0.6 is 0 Å². The summed E-state index contributed by atoms with van der Waals surface area (Å²) in [6.07, 6.45) is 0.740. The molecule has 2 aromatic carbocycles. The summed E-state index contributed by atoms with van der Waals surface area (Å²) < 4.78 is 5.03. The Labute approximate surface area is 163 Å². The molecule has 0 radical (unpaired) electrons. The van der Waals surface area contributed by atoms with E-state index in [1.165, 1.54) is 7.11 Å². The van der Waals surface area contributed by atoms with Gasteiger partial charge in [-0.25, -0.2) is 0 Å². The Morgan fingerprint density at radius 2 is 1.86 bits per heavy atom. The second-order valence-corrected chi connectivity index (χ2v) is 6.31. The number of rotatable bonds is 10. The van der Waals surface area contributed by atoms with Crippen LogP contribution in [0, 0.1) is 0 Å². The zero-order valence-electron chi connectivity index (χ0n) is 15.5. The minimum absolute atomic E-state index is 0.00691. The van der Waals surface area contributed by atoms with Gasteiger partial charge in [-0.3, -0.25) is 14.4 Å². The van der Waals surface area contributed by atoms with E-state index in [1.807, 2.05) is 0 Å². The first kappa shape index (κ1) is 21.3. The summed E-state index contributed by atoms with van der Waals surface area (Å²) in [5.41, 5.74) is 1.61. The highest BCUT2D eigenvalue weighted by molar-refractivity contribution is 6.43. The molecular formula is C20H22BNO6. The number of carbonyl (C=O) groups excluding carboxylic acids is 3. The van der Waals surface area contributed by atoms with Crippen molar-refractivity contribution < 1.29 is 29.2 Å². The standard InChI is InChI=1S/C20H22BNO6/c1-28-17-7-5-16(6-8-17)18(24)9-10-20(25)22-19(21(26)27)12-14-3-2-4-15(11-14)13-23/h2-8,11,13,19,26-27H,9-10,12H2,1H3,(H,22,25). The van der Waals surface area contributed by atoms with Crippen LogP contribution in [0.4, 0.5) is 0 Å². The predicted molar refractivity (Wildman–Crippen MR) is 104 cm³/mol. The van der Waals surface area contributed by atoms with Gasteiger partial charge in [0.15, 0.2) is 5.78 Å². The van der Waals surface area contributed by atoms with Crippen LogP contribution in [0.5, 0.6) is 5.75 Å². The average molecular weight is 383 g/mol. The van der Waals surface area contributed by atoms with E-state index in [4.69, 9.17) is 4.74 Å². The number of Topliss-reactive ketones (excluding diaryl/α,β-unsaturated/α-hetero) is 1. The molecule has 28 heavy (non-hydrogen) atoms. The van der Waals surface area contributed by atoms with Crippen molar-refractivity contribution in [3.8, 4) is 5.75 Å². The van der Waals surface area contributed by atoms with Gasteiger partial charge in [0.1, 0.15) is 12.0 Å². The maximum atomic E-state index is 12.2. The number of hydrogen-bond donors (Lipinski definition) is 3. The van der Waals surface area contributed by atoms with Gasteiger partial charge in [-0.1, -0.05) is 18.2 Å². The molecule has 0 spiro atoms. The van der Waals surface area contributed by atoms with Crippen molar-refractivity contribution in [2.24, 2.45) is 0 Å². The summed E-state index contributed by atoms with van der Waals surface area (Å²) in [6.45, 7) is 0. The highest BCUT2D eigenvalue weighted by Crippen LogP contribution is 2.13. The molecule has 1 atom stereocenters. The fourth-order valence-electron chi connectivity index (χ4n) is 2.71. The fraction of sp³-hybridized carbons (Fsp3) is 0.250. The van der Waals surface area contributed by atoms with E-state index in [1.54, 1.807) is 48.5 Å². The smallest absolute Gasteiger partial charge is 0.475 e. The minimum atomic E-state index is -1.78. The number of carbonyl (C=O) groups is 3. The topological polar surface area (TPSA) is 113 Å². The zero-order chi connectivity index (χ0) is 20.5. The lowest BCUT2D eigenvalue weighted by Crippen LogP contribution is -2.47. The summed E-state index contributed by atoms with van der Waals surface area (Å²) in [6, 6.07) is 13.2. The molecule has 2 aromatic rings. The summed E-state index contributed by atoms with van der Waals surface area (Å²) >= 11 is 0. The molecule has 0 saturated heterocycles. The van der Waals surface area contributed by atoms with Crippen LogP contribution in [-0.4, -0.2) is 48.2 Å². The molecule has 0 aliphatic carbocycles. The Balaban J connectivity index is 1.90. The summed E-state index contributed by atoms with van der Waals surface area (Å²) in [5, 5.41) is 21.6. The van der Waals surface area contributed by atoms with Gasteiger partial charge in [-0.15, -0.1) is 0 Å². The van der Waals surface area contributed by atoms with Gasteiger partial charge in [0.2, 0.25) is 5.91 Å². The van der Waals surface area contributed by atoms with E-state index in [0.717, 1.165) is 0 Å². The lowest BCUT2D eigenvalue weighted by molar-refractivity contribution is -0.121. The maximum absolute atomic E-state index is 12.2. The number of nitrogens with one attached hydrogen (secondary N) is 1. The summed E-state index contributed by atoms with van der Waals surface area (Å²) in [7, 11) is -0.247. The number of amides is 1. The van der Waals surface area contributed by atoms with E-state index in [9.17, 15) is 24.4 Å². The monoisotopic (exact) mass is 383 g/mol. The number of methoxy groups -OCH3 is 1. The van der Waals surface area contributed by atoms with Gasteiger partial charge in [0.05, 0.1) is 13.1 Å². The highest BCUT2D eigenvalue weighted by atomic mass is 16.5. The molecule has 1 amide bonds. The Morgan fingerprint density at radius 1 is 1.14 bits per heavy atom. The van der Waals surface area contributed by atoms with Crippen LogP contribution in [0.3, 0.4) is 0 Å². The first-order valence-electron chi connectivity index (χ1n) is 8.80. The molecule has 0 fully saturated rings. The van der Waals surface area contributed by atoms with Crippen molar-refractivity contribution in [1.82, 2.24) is 5.32 Å². The quantitative estimate of drug-likeness (QED) is 0.323. The van der Waals surface area contributed by atoms with Crippen LogP contribution in [0.25, 0.3) is 0 Å². The Bertz CT molecular complexity index is 822. The van der Waals surface area contributed by atoms with E-state index >= 15 is 0 Å². The first-order valence-corrected chi connectivity index (χ1v) is 8.80. The highest BCUT2D eigenvalue weighted by Gasteiger charge is 2.25. The molecule has 0 aliphatic rings. The van der Waals surface area contributed by atoms with Crippen molar-refractivity contribution in [3.05, 3.63) is 65.2 Å². The molecular weight excluding hydrogens is 361 g/mol. The minimum Gasteiger partial charge on any atom is -0.497 e. The van der Waals surface area contributed by atoms with Crippen LogP contribution in [0.2, 0.25) is 0 Å². The van der Waals surface area contributed by atoms with E-state index < -0.39 is 19.0 Å². The molecule has 0 aliphatic heterocycles. The van der Waals surface area contributed by atoms with Crippen molar-refractivity contribution in [1.29, 1.82) is 0 Å². The van der Waals surface area contributed by atoms with Gasteiger partial charge in [-0.2, -0.15) is 0 Å². The third-order valence-electron chi connectivity index (χ3n) is 4.24.